The highest BCUT2D eigenvalue weighted by molar-refractivity contribution is 5.75. The lowest BCUT2D eigenvalue weighted by molar-refractivity contribution is -0.120. The van der Waals surface area contributed by atoms with Gasteiger partial charge in [-0.3, -0.25) is 4.79 Å². The number of aliphatic hydroxyl groups excluding tert-OH is 1. The zero-order valence-corrected chi connectivity index (χ0v) is 21.0. The Labute approximate surface area is 191 Å². The second-order valence-electron chi connectivity index (χ2n) is 10.1. The van der Waals surface area contributed by atoms with Gasteiger partial charge in [-0.05, 0) is 89.9 Å². The largest absolute Gasteiger partial charge is 0.393 e. The molecule has 31 heavy (non-hydrogen) atoms. The fourth-order valence-corrected chi connectivity index (χ4v) is 4.52. The number of unbranched alkanes of at least 4 members (excludes halogenated alkanes) is 1. The Kier molecular flexibility index (Phi) is 12.1. The number of nitrogens with one attached hydrogen (secondary N) is 1. The first-order valence-electron chi connectivity index (χ1n) is 12.1. The Balaban J connectivity index is 2.33. The summed E-state index contributed by atoms with van der Waals surface area (Å²) < 4.78 is 0. The van der Waals surface area contributed by atoms with Gasteiger partial charge in [0, 0.05) is 13.5 Å². The van der Waals surface area contributed by atoms with Gasteiger partial charge in [-0.1, -0.05) is 60.9 Å². The van der Waals surface area contributed by atoms with E-state index in [1.54, 1.807) is 7.05 Å². The summed E-state index contributed by atoms with van der Waals surface area (Å²) in [5.74, 6) is 0.520. The van der Waals surface area contributed by atoms with Crippen LogP contribution in [0.1, 0.15) is 98.8 Å². The predicted octanol–water partition coefficient (Wildman–Crippen LogP) is 7.05. The lowest BCUT2D eigenvalue weighted by Crippen LogP contribution is -2.41. The van der Waals surface area contributed by atoms with Gasteiger partial charge in [0.2, 0.25) is 5.91 Å². The molecule has 1 aliphatic carbocycles. The van der Waals surface area contributed by atoms with Crippen molar-refractivity contribution in [2.45, 2.75) is 105 Å². The van der Waals surface area contributed by atoms with E-state index in [4.69, 9.17) is 0 Å². The summed E-state index contributed by atoms with van der Waals surface area (Å²) in [6.45, 7) is 15.2. The van der Waals surface area contributed by atoms with Crippen molar-refractivity contribution in [2.24, 2.45) is 11.3 Å². The fourth-order valence-electron chi connectivity index (χ4n) is 4.52. The van der Waals surface area contributed by atoms with Gasteiger partial charge < -0.3 is 10.4 Å². The zero-order chi connectivity index (χ0) is 23.4. The number of carbonyl (C=O) groups is 1. The minimum Gasteiger partial charge on any atom is -0.393 e. The van der Waals surface area contributed by atoms with E-state index in [-0.39, 0.29) is 17.4 Å². The van der Waals surface area contributed by atoms with Crippen molar-refractivity contribution >= 4 is 5.91 Å². The number of rotatable bonds is 12. The minimum atomic E-state index is -0.213. The highest BCUT2D eigenvalue weighted by Crippen LogP contribution is 2.45. The molecule has 176 valence electrons. The number of carbonyl (C=O) groups excluding carboxylic acids is 1. The molecule has 0 heterocycles. The van der Waals surface area contributed by atoms with Gasteiger partial charge in [0.25, 0.3) is 0 Å². The Morgan fingerprint density at radius 3 is 2.16 bits per heavy atom. The van der Waals surface area contributed by atoms with Crippen LogP contribution in [0.15, 0.2) is 47.1 Å². The van der Waals surface area contributed by atoms with E-state index in [0.717, 1.165) is 57.8 Å². The second-order valence-corrected chi connectivity index (χ2v) is 10.1. The molecule has 0 spiro atoms. The monoisotopic (exact) mass is 429 g/mol. The Bertz CT molecular complexity index is 681. The van der Waals surface area contributed by atoms with E-state index in [9.17, 15) is 9.90 Å². The fraction of sp³-hybridized carbons (Fsp3) is 0.679. The SMILES string of the molecule is C=C1CCC(O)C(C)(C)C1CC/C(C)=C/CC/C=C(\C)CC/C=C(\C)CCC(=O)NC. The van der Waals surface area contributed by atoms with E-state index in [2.05, 4.69) is 64.7 Å². The molecular formula is C28H47NO2. The average molecular weight is 430 g/mol. The van der Waals surface area contributed by atoms with Gasteiger partial charge in [-0.15, -0.1) is 0 Å². The van der Waals surface area contributed by atoms with Crippen LogP contribution in [0, 0.1) is 11.3 Å². The van der Waals surface area contributed by atoms with Crippen molar-refractivity contribution in [1.29, 1.82) is 0 Å². The third-order valence-corrected chi connectivity index (χ3v) is 7.02. The molecule has 0 aromatic heterocycles. The van der Waals surface area contributed by atoms with E-state index in [1.807, 2.05) is 0 Å². The van der Waals surface area contributed by atoms with E-state index in [1.165, 1.54) is 22.3 Å². The van der Waals surface area contributed by atoms with Crippen molar-refractivity contribution in [3.63, 3.8) is 0 Å². The molecule has 0 saturated heterocycles. The standard InChI is InChI=1S/C28H47NO2/c1-21(13-10-14-23(3)16-20-27(31)29-7)11-8-9-12-22(2)15-18-25-24(4)17-19-26(30)28(25,5)6/h11-12,14,25-26,30H,4,8-10,13,15-20H2,1-3,5-7H3,(H,29,31)/b21-11+,22-12+,23-14+. The maximum Gasteiger partial charge on any atom is 0.220 e. The molecule has 1 fully saturated rings. The maximum absolute atomic E-state index is 11.3. The summed E-state index contributed by atoms with van der Waals surface area (Å²) in [6, 6.07) is 0. The van der Waals surface area contributed by atoms with Gasteiger partial charge in [0.1, 0.15) is 0 Å². The molecule has 0 radical (unpaired) electrons. The molecule has 3 heteroatoms. The van der Waals surface area contributed by atoms with Crippen LogP contribution in [0.4, 0.5) is 0 Å². The van der Waals surface area contributed by atoms with Gasteiger partial charge >= 0.3 is 0 Å². The first-order chi connectivity index (χ1) is 14.6. The lowest BCUT2D eigenvalue weighted by atomic mass is 9.63. The highest BCUT2D eigenvalue weighted by atomic mass is 16.3. The normalized spacial score (nSPS) is 22.5. The van der Waals surface area contributed by atoms with Crippen molar-refractivity contribution in [1.82, 2.24) is 5.32 Å². The topological polar surface area (TPSA) is 49.3 Å². The van der Waals surface area contributed by atoms with Crippen LogP contribution in [0.25, 0.3) is 0 Å². The number of amides is 1. The number of allylic oxidation sites excluding steroid dienone is 7. The first-order valence-corrected chi connectivity index (χ1v) is 12.1. The summed E-state index contributed by atoms with van der Waals surface area (Å²) in [5.41, 5.74) is 5.44. The summed E-state index contributed by atoms with van der Waals surface area (Å²) in [7, 11) is 1.69. The van der Waals surface area contributed by atoms with E-state index < -0.39 is 0 Å². The predicted molar refractivity (Wildman–Crippen MR) is 134 cm³/mol. The van der Waals surface area contributed by atoms with Crippen molar-refractivity contribution < 1.29 is 9.90 Å². The van der Waals surface area contributed by atoms with Gasteiger partial charge in [-0.25, -0.2) is 0 Å². The Morgan fingerprint density at radius 2 is 1.55 bits per heavy atom. The Morgan fingerprint density at radius 1 is 1.00 bits per heavy atom. The molecular weight excluding hydrogens is 382 g/mol. The molecule has 3 nitrogen and oxygen atoms in total. The lowest BCUT2D eigenvalue weighted by Gasteiger charge is -2.44. The summed E-state index contributed by atoms with van der Waals surface area (Å²) in [6.07, 6.45) is 16.5. The minimum absolute atomic E-state index is 0.0648. The van der Waals surface area contributed by atoms with Crippen LogP contribution in [0.2, 0.25) is 0 Å². The summed E-state index contributed by atoms with van der Waals surface area (Å²) >= 11 is 0. The first kappa shape index (κ1) is 27.4. The van der Waals surface area contributed by atoms with Crippen LogP contribution >= 0.6 is 0 Å². The average Bonchev–Trinajstić information content (AvgIpc) is 2.72. The number of hydrogen-bond donors (Lipinski definition) is 2. The molecule has 2 atom stereocenters. The van der Waals surface area contributed by atoms with Crippen molar-refractivity contribution in [3.05, 3.63) is 47.1 Å². The third-order valence-electron chi connectivity index (χ3n) is 7.02. The molecule has 1 aliphatic rings. The summed E-state index contributed by atoms with van der Waals surface area (Å²) in [4.78, 5) is 11.3. The quantitative estimate of drug-likeness (QED) is 0.258. The van der Waals surface area contributed by atoms with Gasteiger partial charge in [0.15, 0.2) is 0 Å². The van der Waals surface area contributed by atoms with E-state index in [0.29, 0.717) is 12.3 Å². The zero-order valence-electron chi connectivity index (χ0n) is 21.0. The van der Waals surface area contributed by atoms with Crippen LogP contribution < -0.4 is 5.32 Å². The molecule has 0 aromatic rings. The molecule has 1 saturated carbocycles. The molecule has 0 aliphatic heterocycles. The van der Waals surface area contributed by atoms with Crippen molar-refractivity contribution in [3.8, 4) is 0 Å². The third kappa shape index (κ3) is 10.0. The molecule has 1 rings (SSSR count). The van der Waals surface area contributed by atoms with Crippen LogP contribution in [-0.4, -0.2) is 24.2 Å². The molecule has 0 aromatic carbocycles. The highest BCUT2D eigenvalue weighted by Gasteiger charge is 2.40. The van der Waals surface area contributed by atoms with Crippen LogP contribution in [0.3, 0.4) is 0 Å². The second kappa shape index (κ2) is 13.7. The number of aliphatic hydroxyl groups is 1. The van der Waals surface area contributed by atoms with Crippen LogP contribution in [0.5, 0.6) is 0 Å². The molecule has 0 bridgehead atoms. The van der Waals surface area contributed by atoms with Gasteiger partial charge in [-0.2, -0.15) is 0 Å². The van der Waals surface area contributed by atoms with Gasteiger partial charge in [0.05, 0.1) is 6.10 Å². The summed E-state index contributed by atoms with van der Waals surface area (Å²) in [5, 5.41) is 13.1. The Hall–Kier alpha value is -1.61. The van der Waals surface area contributed by atoms with Crippen LogP contribution in [-0.2, 0) is 4.79 Å². The van der Waals surface area contributed by atoms with Crippen molar-refractivity contribution in [2.75, 3.05) is 7.05 Å². The number of hydrogen-bond acceptors (Lipinski definition) is 2. The molecule has 2 unspecified atom stereocenters. The smallest absolute Gasteiger partial charge is 0.220 e. The molecule has 2 N–H and O–H groups in total. The maximum atomic E-state index is 11.3. The molecule has 1 amide bonds. The van der Waals surface area contributed by atoms with E-state index >= 15 is 0 Å².